The number of anilines is 1. The second-order valence-corrected chi connectivity index (χ2v) is 8.67. The van der Waals surface area contributed by atoms with Gasteiger partial charge in [0.1, 0.15) is 11.9 Å². The van der Waals surface area contributed by atoms with Crippen molar-refractivity contribution < 1.29 is 9.59 Å². The molecule has 0 saturated carbocycles. The summed E-state index contributed by atoms with van der Waals surface area (Å²) in [6.07, 6.45) is 1.33. The van der Waals surface area contributed by atoms with Gasteiger partial charge >= 0.3 is 0 Å². The number of nitrogens with zero attached hydrogens (tertiary/aromatic N) is 3. The highest BCUT2D eigenvalue weighted by atomic mass is 32.2. The molecule has 7 heteroatoms. The summed E-state index contributed by atoms with van der Waals surface area (Å²) in [6, 6.07) is 9.40. The summed E-state index contributed by atoms with van der Waals surface area (Å²) in [5, 5.41) is 7.49. The van der Waals surface area contributed by atoms with E-state index in [0.717, 1.165) is 23.4 Å². The number of hydrogen-bond donors (Lipinski definition) is 1. The van der Waals surface area contributed by atoms with Gasteiger partial charge < -0.3 is 10.2 Å². The van der Waals surface area contributed by atoms with Crippen LogP contribution in [-0.2, 0) is 9.59 Å². The first kappa shape index (κ1) is 17.1. The van der Waals surface area contributed by atoms with Crippen LogP contribution < -0.4 is 5.32 Å². The Morgan fingerprint density at radius 2 is 2.04 bits per heavy atom. The van der Waals surface area contributed by atoms with E-state index < -0.39 is 6.04 Å². The molecule has 2 aromatic rings. The van der Waals surface area contributed by atoms with E-state index in [1.165, 1.54) is 0 Å². The topological polar surface area (TPSA) is 67.2 Å². The van der Waals surface area contributed by atoms with Crippen LogP contribution in [-0.4, -0.2) is 43.2 Å². The lowest BCUT2D eigenvalue weighted by atomic mass is 10.2. The van der Waals surface area contributed by atoms with Crippen LogP contribution in [0.3, 0.4) is 0 Å². The van der Waals surface area contributed by atoms with Crippen LogP contribution in [0.1, 0.15) is 31.0 Å². The van der Waals surface area contributed by atoms with Crippen LogP contribution in [0.15, 0.2) is 30.3 Å². The number of carbonyl (C=O) groups excluding carboxylic acids is 2. The number of thioether (sulfide) groups is 1. The van der Waals surface area contributed by atoms with Crippen molar-refractivity contribution in [1.82, 2.24) is 14.7 Å². The van der Waals surface area contributed by atoms with E-state index >= 15 is 0 Å². The molecule has 0 unspecified atom stereocenters. The van der Waals surface area contributed by atoms with E-state index in [-0.39, 0.29) is 16.7 Å². The summed E-state index contributed by atoms with van der Waals surface area (Å²) in [6.45, 7) is 5.98. The van der Waals surface area contributed by atoms with Crippen LogP contribution in [0, 0.1) is 13.8 Å². The lowest BCUT2D eigenvalue weighted by Gasteiger charge is -2.29. The molecule has 2 aliphatic heterocycles. The molecule has 1 N–H and O–H groups in total. The monoisotopic (exact) mass is 370 g/mol. The number of nitrogens with one attached hydrogen (secondary N) is 1. The maximum Gasteiger partial charge on any atom is 0.249 e. The van der Waals surface area contributed by atoms with Crippen LogP contribution in [0.2, 0.25) is 0 Å². The average Bonchev–Trinajstić information content (AvgIpc) is 3.22. The van der Waals surface area contributed by atoms with E-state index in [9.17, 15) is 9.59 Å². The summed E-state index contributed by atoms with van der Waals surface area (Å²) in [5.74, 6) is 1.18. The van der Waals surface area contributed by atoms with Gasteiger partial charge in [0, 0.05) is 18.2 Å². The molecule has 2 amide bonds. The molecule has 136 valence electrons. The highest BCUT2D eigenvalue weighted by Crippen LogP contribution is 2.47. The van der Waals surface area contributed by atoms with Gasteiger partial charge in [-0.15, -0.1) is 11.8 Å². The van der Waals surface area contributed by atoms with Crippen molar-refractivity contribution in [3.63, 3.8) is 0 Å². The molecule has 0 aliphatic carbocycles. The number of rotatable bonds is 3. The van der Waals surface area contributed by atoms with Gasteiger partial charge in [-0.25, -0.2) is 4.68 Å². The van der Waals surface area contributed by atoms with Gasteiger partial charge in [-0.05, 0) is 39.3 Å². The molecule has 0 radical (unpaired) electrons. The average molecular weight is 370 g/mol. The zero-order valence-corrected chi connectivity index (χ0v) is 16.0. The number of carbonyl (C=O) groups is 2. The van der Waals surface area contributed by atoms with Crippen molar-refractivity contribution in [1.29, 1.82) is 0 Å². The predicted octanol–water partition coefficient (Wildman–Crippen LogP) is 2.88. The van der Waals surface area contributed by atoms with Gasteiger partial charge in [-0.2, -0.15) is 5.10 Å². The van der Waals surface area contributed by atoms with Gasteiger partial charge in [0.25, 0.3) is 0 Å². The van der Waals surface area contributed by atoms with Crippen molar-refractivity contribution in [2.24, 2.45) is 0 Å². The normalized spacial score (nSPS) is 24.8. The maximum atomic E-state index is 12.9. The molecule has 3 heterocycles. The summed E-state index contributed by atoms with van der Waals surface area (Å²) < 4.78 is 1.74. The Morgan fingerprint density at radius 1 is 1.31 bits per heavy atom. The van der Waals surface area contributed by atoms with Crippen molar-refractivity contribution in [2.45, 2.75) is 44.5 Å². The quantitative estimate of drug-likeness (QED) is 0.902. The molecule has 1 aromatic carbocycles. The van der Waals surface area contributed by atoms with E-state index in [0.29, 0.717) is 18.0 Å². The second kappa shape index (κ2) is 6.16. The predicted molar refractivity (Wildman–Crippen MR) is 102 cm³/mol. The summed E-state index contributed by atoms with van der Waals surface area (Å²) in [4.78, 5) is 26.7. The van der Waals surface area contributed by atoms with Crippen LogP contribution in [0.25, 0.3) is 5.69 Å². The summed E-state index contributed by atoms with van der Waals surface area (Å²) in [5.41, 5.74) is 2.88. The van der Waals surface area contributed by atoms with Crippen molar-refractivity contribution in [3.05, 3.63) is 41.6 Å². The lowest BCUT2D eigenvalue weighted by molar-refractivity contribution is -0.135. The molecule has 6 nitrogen and oxygen atoms in total. The Labute approximate surface area is 156 Å². The molecule has 1 aromatic heterocycles. The molecule has 26 heavy (non-hydrogen) atoms. The van der Waals surface area contributed by atoms with Crippen LogP contribution in [0.4, 0.5) is 5.82 Å². The molecule has 2 aliphatic rings. The number of hydrogen-bond acceptors (Lipinski definition) is 4. The molecule has 4 rings (SSSR count). The maximum absolute atomic E-state index is 12.9. The standard InChI is InChI=1S/C19H22N4O2S/c1-12-4-6-14(7-5-12)23-16(10-13(2)21-23)20-18(25)15-11-26-19(3)9-8-17(24)22(15)19/h4-7,10,15H,8-9,11H2,1-3H3,(H,20,25)/t15-,19-/m0/s1. The Balaban J connectivity index is 1.59. The highest BCUT2D eigenvalue weighted by molar-refractivity contribution is 8.01. The van der Waals surface area contributed by atoms with Gasteiger partial charge in [-0.1, -0.05) is 17.7 Å². The number of benzene rings is 1. The third kappa shape index (κ3) is 2.80. The van der Waals surface area contributed by atoms with E-state index in [4.69, 9.17) is 0 Å². The third-order valence-electron chi connectivity index (χ3n) is 5.11. The number of aromatic nitrogens is 2. The zero-order valence-electron chi connectivity index (χ0n) is 15.2. The number of aryl methyl sites for hydroxylation is 2. The first-order chi connectivity index (χ1) is 12.4. The largest absolute Gasteiger partial charge is 0.315 e. The molecular formula is C19H22N4O2S. The second-order valence-electron chi connectivity index (χ2n) is 7.17. The third-order valence-corrected chi connectivity index (χ3v) is 6.61. The van der Waals surface area contributed by atoms with Crippen LogP contribution in [0.5, 0.6) is 0 Å². The van der Waals surface area contributed by atoms with E-state index in [1.54, 1.807) is 21.3 Å². The highest BCUT2D eigenvalue weighted by Gasteiger charge is 2.52. The van der Waals surface area contributed by atoms with Crippen molar-refractivity contribution >= 4 is 29.4 Å². The fourth-order valence-electron chi connectivity index (χ4n) is 3.70. The van der Waals surface area contributed by atoms with Gasteiger partial charge in [0.2, 0.25) is 11.8 Å². The number of amides is 2. The van der Waals surface area contributed by atoms with E-state index in [2.05, 4.69) is 17.3 Å². The molecular weight excluding hydrogens is 348 g/mol. The van der Waals surface area contributed by atoms with Gasteiger partial charge in [0.05, 0.1) is 16.3 Å². The minimum absolute atomic E-state index is 0.0703. The Hall–Kier alpha value is -2.28. The first-order valence-corrected chi connectivity index (χ1v) is 9.77. The molecule has 0 bridgehead atoms. The molecule has 2 fully saturated rings. The SMILES string of the molecule is Cc1ccc(-n2nc(C)cc2NC(=O)[C@@H]2CS[C@@]3(C)CCC(=O)N23)cc1. The van der Waals surface area contributed by atoms with Crippen molar-refractivity contribution in [3.8, 4) is 5.69 Å². The fourth-order valence-corrected chi connectivity index (χ4v) is 5.13. The Kier molecular flexibility index (Phi) is 4.06. The number of fused-ring (bicyclic) bond motifs is 1. The minimum Gasteiger partial charge on any atom is -0.315 e. The first-order valence-electron chi connectivity index (χ1n) is 8.78. The Morgan fingerprint density at radius 3 is 2.77 bits per heavy atom. The molecule has 0 spiro atoms. The van der Waals surface area contributed by atoms with Gasteiger partial charge in [-0.3, -0.25) is 9.59 Å². The molecule has 2 saturated heterocycles. The van der Waals surface area contributed by atoms with Crippen LogP contribution >= 0.6 is 11.8 Å². The zero-order chi connectivity index (χ0) is 18.5. The Bertz CT molecular complexity index is 876. The van der Waals surface area contributed by atoms with E-state index in [1.807, 2.05) is 44.2 Å². The fraction of sp³-hybridized carbons (Fsp3) is 0.421. The minimum atomic E-state index is -0.429. The lowest BCUT2D eigenvalue weighted by Crippen LogP contribution is -2.48. The summed E-state index contributed by atoms with van der Waals surface area (Å²) >= 11 is 1.70. The van der Waals surface area contributed by atoms with Gasteiger partial charge in [0.15, 0.2) is 0 Å². The summed E-state index contributed by atoms with van der Waals surface area (Å²) in [7, 11) is 0. The molecule has 2 atom stereocenters. The van der Waals surface area contributed by atoms with Crippen molar-refractivity contribution in [2.75, 3.05) is 11.1 Å². The smallest absolute Gasteiger partial charge is 0.249 e.